The van der Waals surface area contributed by atoms with Gasteiger partial charge in [-0.15, -0.1) is 0 Å². The van der Waals surface area contributed by atoms with Crippen LogP contribution in [0.4, 0.5) is 0 Å². The smallest absolute Gasteiger partial charge is 0.139 e. The third kappa shape index (κ3) is 1.26. The molecule has 18 heavy (non-hydrogen) atoms. The predicted octanol–water partition coefficient (Wildman–Crippen LogP) is 3.27. The summed E-state index contributed by atoms with van der Waals surface area (Å²) in [6, 6.07) is 6.34. The summed E-state index contributed by atoms with van der Waals surface area (Å²) in [5, 5.41) is 0. The minimum atomic E-state index is -0.158. The Hall–Kier alpha value is -1.31. The second-order valence-electron chi connectivity index (χ2n) is 6.11. The molecule has 2 unspecified atom stereocenters. The lowest BCUT2D eigenvalue weighted by atomic mass is 9.57. The van der Waals surface area contributed by atoms with E-state index in [9.17, 15) is 4.79 Å². The van der Waals surface area contributed by atoms with Crippen LogP contribution in [0.1, 0.15) is 44.2 Å². The van der Waals surface area contributed by atoms with Crippen molar-refractivity contribution in [2.45, 2.75) is 44.9 Å². The standard InChI is InChI=1S/C16H20O2/c1-15-9-7-14(17)16(15,2)8-6-11-10-12(18-3)4-5-13(11)15/h4-5,10H,6-9H2,1-3H3. The molecule has 0 spiro atoms. The maximum absolute atomic E-state index is 12.2. The van der Waals surface area contributed by atoms with Crippen molar-refractivity contribution in [3.8, 4) is 5.75 Å². The lowest BCUT2D eigenvalue weighted by Gasteiger charge is -2.45. The molecule has 2 aliphatic carbocycles. The van der Waals surface area contributed by atoms with Crippen LogP contribution in [0.3, 0.4) is 0 Å². The minimum Gasteiger partial charge on any atom is -0.497 e. The average Bonchev–Trinajstić information content (AvgIpc) is 2.63. The molecule has 2 aliphatic rings. The molecular weight excluding hydrogens is 224 g/mol. The maximum Gasteiger partial charge on any atom is 0.139 e. The number of Topliss-reactive ketones (excluding diaryl/α,β-unsaturated/α-hetero) is 1. The van der Waals surface area contributed by atoms with Gasteiger partial charge < -0.3 is 4.74 Å². The Morgan fingerprint density at radius 3 is 2.56 bits per heavy atom. The van der Waals surface area contributed by atoms with E-state index in [-0.39, 0.29) is 10.8 Å². The van der Waals surface area contributed by atoms with E-state index < -0.39 is 0 Å². The number of hydrogen-bond acceptors (Lipinski definition) is 2. The van der Waals surface area contributed by atoms with Gasteiger partial charge in [0.25, 0.3) is 0 Å². The normalized spacial score (nSPS) is 34.1. The third-order valence-corrected chi connectivity index (χ3v) is 5.49. The molecule has 0 heterocycles. The lowest BCUT2D eigenvalue weighted by molar-refractivity contribution is -0.127. The van der Waals surface area contributed by atoms with Crippen molar-refractivity contribution in [3.63, 3.8) is 0 Å². The quantitative estimate of drug-likeness (QED) is 0.758. The largest absolute Gasteiger partial charge is 0.497 e. The van der Waals surface area contributed by atoms with Crippen molar-refractivity contribution < 1.29 is 9.53 Å². The van der Waals surface area contributed by atoms with E-state index in [2.05, 4.69) is 26.0 Å². The Labute approximate surface area is 108 Å². The minimum absolute atomic E-state index is 0.0178. The molecule has 0 aromatic heterocycles. The number of ether oxygens (including phenoxy) is 1. The number of ketones is 1. The summed E-state index contributed by atoms with van der Waals surface area (Å²) in [4.78, 5) is 12.2. The van der Waals surface area contributed by atoms with Crippen LogP contribution in [0.5, 0.6) is 5.75 Å². The second-order valence-corrected chi connectivity index (χ2v) is 6.11. The molecule has 1 fully saturated rings. The van der Waals surface area contributed by atoms with Gasteiger partial charge in [0.05, 0.1) is 7.11 Å². The topological polar surface area (TPSA) is 26.3 Å². The Morgan fingerprint density at radius 1 is 1.11 bits per heavy atom. The molecule has 0 amide bonds. The van der Waals surface area contributed by atoms with Gasteiger partial charge in [-0.05, 0) is 42.5 Å². The van der Waals surface area contributed by atoms with Gasteiger partial charge in [-0.2, -0.15) is 0 Å². The highest BCUT2D eigenvalue weighted by Crippen LogP contribution is 2.58. The highest BCUT2D eigenvalue weighted by atomic mass is 16.5. The fraction of sp³-hybridized carbons (Fsp3) is 0.562. The highest BCUT2D eigenvalue weighted by molar-refractivity contribution is 5.89. The number of rotatable bonds is 1. The first kappa shape index (κ1) is 11.8. The van der Waals surface area contributed by atoms with Crippen LogP contribution in [0, 0.1) is 5.41 Å². The van der Waals surface area contributed by atoms with Crippen molar-refractivity contribution in [2.75, 3.05) is 7.11 Å². The molecule has 3 rings (SSSR count). The second kappa shape index (κ2) is 3.59. The summed E-state index contributed by atoms with van der Waals surface area (Å²) in [6.45, 7) is 4.43. The van der Waals surface area contributed by atoms with E-state index in [1.165, 1.54) is 11.1 Å². The number of fused-ring (bicyclic) bond motifs is 3. The van der Waals surface area contributed by atoms with Crippen LogP contribution in [0.2, 0.25) is 0 Å². The molecule has 0 bridgehead atoms. The van der Waals surface area contributed by atoms with Crippen LogP contribution >= 0.6 is 0 Å². The maximum atomic E-state index is 12.2. The Kier molecular flexibility index (Phi) is 2.35. The third-order valence-electron chi connectivity index (χ3n) is 5.49. The van der Waals surface area contributed by atoms with E-state index in [4.69, 9.17) is 4.74 Å². The van der Waals surface area contributed by atoms with Gasteiger partial charge in [-0.3, -0.25) is 4.79 Å². The molecule has 2 heteroatoms. The number of carbonyl (C=O) groups excluding carboxylic acids is 1. The summed E-state index contributed by atoms with van der Waals surface area (Å²) in [6.07, 6.45) is 3.69. The molecule has 0 N–H and O–H groups in total. The van der Waals surface area contributed by atoms with E-state index in [0.717, 1.165) is 31.4 Å². The van der Waals surface area contributed by atoms with E-state index in [1.807, 2.05) is 6.07 Å². The summed E-state index contributed by atoms with van der Waals surface area (Å²) in [5.41, 5.74) is 2.59. The van der Waals surface area contributed by atoms with Crippen molar-refractivity contribution in [3.05, 3.63) is 29.3 Å². The molecule has 1 saturated carbocycles. The van der Waals surface area contributed by atoms with Gasteiger partial charge in [-0.1, -0.05) is 19.9 Å². The first-order valence-corrected chi connectivity index (χ1v) is 6.72. The average molecular weight is 244 g/mol. The first-order chi connectivity index (χ1) is 8.51. The Balaban J connectivity index is 2.16. The molecule has 2 nitrogen and oxygen atoms in total. The predicted molar refractivity (Wildman–Crippen MR) is 71.0 cm³/mol. The molecule has 0 radical (unpaired) electrons. The summed E-state index contributed by atoms with van der Waals surface area (Å²) >= 11 is 0. The zero-order valence-corrected chi connectivity index (χ0v) is 11.4. The van der Waals surface area contributed by atoms with Gasteiger partial charge in [0.15, 0.2) is 0 Å². The van der Waals surface area contributed by atoms with E-state index >= 15 is 0 Å². The molecule has 1 aromatic rings. The SMILES string of the molecule is COc1ccc2c(c1)CCC1(C)C(=O)CCC21C. The van der Waals surface area contributed by atoms with Crippen LogP contribution in [0.15, 0.2) is 18.2 Å². The fourth-order valence-electron chi connectivity index (χ4n) is 3.90. The van der Waals surface area contributed by atoms with E-state index in [0.29, 0.717) is 5.78 Å². The fourth-order valence-corrected chi connectivity index (χ4v) is 3.90. The van der Waals surface area contributed by atoms with Crippen LogP contribution in [-0.4, -0.2) is 12.9 Å². The summed E-state index contributed by atoms with van der Waals surface area (Å²) in [5.74, 6) is 1.37. The monoisotopic (exact) mass is 244 g/mol. The van der Waals surface area contributed by atoms with Crippen LogP contribution < -0.4 is 4.74 Å². The van der Waals surface area contributed by atoms with Gasteiger partial charge in [0, 0.05) is 17.3 Å². The van der Waals surface area contributed by atoms with Crippen molar-refractivity contribution >= 4 is 5.78 Å². The first-order valence-electron chi connectivity index (χ1n) is 6.72. The number of hydrogen-bond donors (Lipinski definition) is 0. The zero-order chi connectivity index (χ0) is 13.0. The number of methoxy groups -OCH3 is 1. The van der Waals surface area contributed by atoms with Crippen molar-refractivity contribution in [1.29, 1.82) is 0 Å². The van der Waals surface area contributed by atoms with Gasteiger partial charge in [0.1, 0.15) is 11.5 Å². The van der Waals surface area contributed by atoms with Crippen LogP contribution in [0.25, 0.3) is 0 Å². The Morgan fingerprint density at radius 2 is 1.83 bits per heavy atom. The molecule has 1 aromatic carbocycles. The van der Waals surface area contributed by atoms with Crippen molar-refractivity contribution in [2.24, 2.45) is 5.41 Å². The number of benzene rings is 1. The van der Waals surface area contributed by atoms with Crippen LogP contribution in [-0.2, 0) is 16.6 Å². The highest BCUT2D eigenvalue weighted by Gasteiger charge is 2.57. The van der Waals surface area contributed by atoms with Crippen molar-refractivity contribution in [1.82, 2.24) is 0 Å². The van der Waals surface area contributed by atoms with Gasteiger partial charge in [-0.25, -0.2) is 0 Å². The number of carbonyl (C=O) groups is 1. The summed E-state index contributed by atoms with van der Waals surface area (Å²) < 4.78 is 5.30. The zero-order valence-electron chi connectivity index (χ0n) is 11.4. The molecular formula is C16H20O2. The molecule has 2 atom stereocenters. The van der Waals surface area contributed by atoms with Gasteiger partial charge >= 0.3 is 0 Å². The molecule has 0 aliphatic heterocycles. The van der Waals surface area contributed by atoms with Gasteiger partial charge in [0.2, 0.25) is 0 Å². The lowest BCUT2D eigenvalue weighted by Crippen LogP contribution is -2.44. The summed E-state index contributed by atoms with van der Waals surface area (Å²) in [7, 11) is 1.70. The molecule has 96 valence electrons. The molecule has 0 saturated heterocycles. The van der Waals surface area contributed by atoms with E-state index in [1.54, 1.807) is 7.11 Å². The number of aryl methyl sites for hydroxylation is 1. The Bertz CT molecular complexity index is 520.